The number of carboxylic acid groups (broad SMARTS) is 1. The normalized spacial score (nSPS) is 10.3. The summed E-state index contributed by atoms with van der Waals surface area (Å²) < 4.78 is 0. The molecule has 2 aromatic carbocycles. The fraction of sp³-hybridized carbons (Fsp3) is 0.188. The molecular formula is C16H18N2O2. The first kappa shape index (κ1) is 13.9. The van der Waals surface area contributed by atoms with Crippen LogP contribution < -0.4 is 10.6 Å². The SMILES string of the molecule is Cc1ccc(CN(C)c2cc(N)ccc2C(=O)O)cc1. The second kappa shape index (κ2) is 5.65. The highest BCUT2D eigenvalue weighted by atomic mass is 16.4. The van der Waals surface area contributed by atoms with Gasteiger partial charge in [-0.3, -0.25) is 0 Å². The standard InChI is InChI=1S/C16H18N2O2/c1-11-3-5-12(6-4-11)10-18(2)15-9-13(17)7-8-14(15)16(19)20/h3-9H,10,17H2,1-2H3,(H,19,20). The van der Waals surface area contributed by atoms with Crippen molar-refractivity contribution in [3.05, 3.63) is 59.2 Å². The van der Waals surface area contributed by atoms with E-state index in [2.05, 4.69) is 0 Å². The fourth-order valence-electron chi connectivity index (χ4n) is 2.10. The zero-order valence-electron chi connectivity index (χ0n) is 11.6. The van der Waals surface area contributed by atoms with E-state index in [4.69, 9.17) is 5.73 Å². The summed E-state index contributed by atoms with van der Waals surface area (Å²) in [6, 6.07) is 13.0. The van der Waals surface area contributed by atoms with Gasteiger partial charge in [-0.1, -0.05) is 29.8 Å². The molecule has 0 bridgehead atoms. The Labute approximate surface area is 118 Å². The summed E-state index contributed by atoms with van der Waals surface area (Å²) in [5, 5.41) is 9.24. The van der Waals surface area contributed by atoms with Gasteiger partial charge in [0, 0.05) is 19.3 Å². The third kappa shape index (κ3) is 3.09. The summed E-state index contributed by atoms with van der Waals surface area (Å²) >= 11 is 0. The van der Waals surface area contributed by atoms with Crippen LogP contribution in [-0.2, 0) is 6.54 Å². The Morgan fingerprint density at radius 3 is 2.45 bits per heavy atom. The zero-order valence-corrected chi connectivity index (χ0v) is 11.6. The van der Waals surface area contributed by atoms with Gasteiger partial charge in [0.25, 0.3) is 0 Å². The second-order valence-corrected chi connectivity index (χ2v) is 4.92. The smallest absolute Gasteiger partial charge is 0.337 e. The number of hydrogen-bond acceptors (Lipinski definition) is 3. The number of aromatic carboxylic acids is 1. The van der Waals surface area contributed by atoms with E-state index in [0.29, 0.717) is 17.9 Å². The predicted molar refractivity (Wildman–Crippen MR) is 81.1 cm³/mol. The molecule has 0 aliphatic carbocycles. The van der Waals surface area contributed by atoms with Crippen molar-refractivity contribution in [3.8, 4) is 0 Å². The molecule has 3 N–H and O–H groups in total. The van der Waals surface area contributed by atoms with E-state index in [9.17, 15) is 9.90 Å². The Kier molecular flexibility index (Phi) is 3.94. The molecule has 0 unspecified atom stereocenters. The van der Waals surface area contributed by atoms with E-state index in [-0.39, 0.29) is 5.56 Å². The molecule has 104 valence electrons. The van der Waals surface area contributed by atoms with Crippen molar-refractivity contribution in [3.63, 3.8) is 0 Å². The summed E-state index contributed by atoms with van der Waals surface area (Å²) in [6.07, 6.45) is 0. The van der Waals surface area contributed by atoms with Gasteiger partial charge >= 0.3 is 5.97 Å². The molecule has 0 fully saturated rings. The number of benzene rings is 2. The molecule has 0 spiro atoms. The van der Waals surface area contributed by atoms with Gasteiger partial charge in [-0.25, -0.2) is 4.79 Å². The predicted octanol–water partition coefficient (Wildman–Crippen LogP) is 2.91. The maximum absolute atomic E-state index is 11.3. The van der Waals surface area contributed by atoms with E-state index >= 15 is 0 Å². The van der Waals surface area contributed by atoms with Crippen LogP contribution in [0.3, 0.4) is 0 Å². The van der Waals surface area contributed by atoms with Gasteiger partial charge in [-0.05, 0) is 30.7 Å². The highest BCUT2D eigenvalue weighted by Gasteiger charge is 2.14. The summed E-state index contributed by atoms with van der Waals surface area (Å²) in [7, 11) is 1.86. The van der Waals surface area contributed by atoms with Crippen LogP contribution in [0.15, 0.2) is 42.5 Å². The first-order valence-electron chi connectivity index (χ1n) is 6.37. The summed E-state index contributed by atoms with van der Waals surface area (Å²) in [5.74, 6) is -0.948. The first-order chi connectivity index (χ1) is 9.47. The van der Waals surface area contributed by atoms with E-state index in [1.165, 1.54) is 5.56 Å². The number of nitrogens with zero attached hydrogens (tertiary/aromatic N) is 1. The molecule has 2 rings (SSSR count). The first-order valence-corrected chi connectivity index (χ1v) is 6.37. The van der Waals surface area contributed by atoms with Gasteiger partial charge in [0.05, 0.1) is 11.3 Å². The van der Waals surface area contributed by atoms with Gasteiger partial charge < -0.3 is 15.7 Å². The monoisotopic (exact) mass is 270 g/mol. The third-order valence-corrected chi connectivity index (χ3v) is 3.20. The Hall–Kier alpha value is -2.49. The summed E-state index contributed by atoms with van der Waals surface area (Å²) in [6.45, 7) is 2.66. The second-order valence-electron chi connectivity index (χ2n) is 4.92. The van der Waals surface area contributed by atoms with E-state index in [0.717, 1.165) is 5.56 Å². The molecule has 2 aromatic rings. The summed E-state index contributed by atoms with van der Waals surface area (Å²) in [4.78, 5) is 13.2. The fourth-order valence-corrected chi connectivity index (χ4v) is 2.10. The van der Waals surface area contributed by atoms with E-state index in [1.807, 2.05) is 43.1 Å². The molecule has 4 nitrogen and oxygen atoms in total. The zero-order chi connectivity index (χ0) is 14.7. The average molecular weight is 270 g/mol. The van der Waals surface area contributed by atoms with Crippen LogP contribution in [0.1, 0.15) is 21.5 Å². The maximum Gasteiger partial charge on any atom is 0.337 e. The third-order valence-electron chi connectivity index (χ3n) is 3.20. The molecule has 0 saturated carbocycles. The van der Waals surface area contributed by atoms with Gasteiger partial charge in [-0.2, -0.15) is 0 Å². The van der Waals surface area contributed by atoms with Gasteiger partial charge in [0.1, 0.15) is 0 Å². The Balaban J connectivity index is 2.28. The highest BCUT2D eigenvalue weighted by Crippen LogP contribution is 2.24. The lowest BCUT2D eigenvalue weighted by Gasteiger charge is -2.22. The van der Waals surface area contributed by atoms with Gasteiger partial charge in [-0.15, -0.1) is 0 Å². The van der Waals surface area contributed by atoms with Crippen molar-refractivity contribution >= 4 is 17.3 Å². The Bertz CT molecular complexity index is 621. The maximum atomic E-state index is 11.3. The van der Waals surface area contributed by atoms with Crippen LogP contribution in [0.25, 0.3) is 0 Å². The number of hydrogen-bond donors (Lipinski definition) is 2. The molecule has 0 aliphatic rings. The molecule has 0 atom stereocenters. The lowest BCUT2D eigenvalue weighted by molar-refractivity contribution is 0.0697. The minimum absolute atomic E-state index is 0.258. The highest BCUT2D eigenvalue weighted by molar-refractivity contribution is 5.95. The number of carboxylic acids is 1. The number of nitrogen functional groups attached to an aromatic ring is 1. The average Bonchev–Trinajstić information content (AvgIpc) is 2.41. The number of carbonyl (C=O) groups is 1. The molecule has 0 saturated heterocycles. The molecule has 0 aromatic heterocycles. The molecule has 0 heterocycles. The Morgan fingerprint density at radius 1 is 1.20 bits per heavy atom. The van der Waals surface area contributed by atoms with Crippen molar-refractivity contribution in [2.24, 2.45) is 0 Å². The topological polar surface area (TPSA) is 66.6 Å². The largest absolute Gasteiger partial charge is 0.478 e. The number of rotatable bonds is 4. The minimum atomic E-state index is -0.948. The summed E-state index contributed by atoms with van der Waals surface area (Å²) in [5.41, 5.74) is 9.52. The van der Waals surface area contributed by atoms with Crippen molar-refractivity contribution in [1.82, 2.24) is 0 Å². The molecule has 0 amide bonds. The van der Waals surface area contributed by atoms with Crippen molar-refractivity contribution in [2.75, 3.05) is 17.7 Å². The van der Waals surface area contributed by atoms with E-state index < -0.39 is 5.97 Å². The lowest BCUT2D eigenvalue weighted by Crippen LogP contribution is -2.19. The number of aryl methyl sites for hydroxylation is 1. The van der Waals surface area contributed by atoms with Crippen LogP contribution in [0.5, 0.6) is 0 Å². The molecule has 4 heteroatoms. The number of anilines is 2. The Morgan fingerprint density at radius 2 is 1.85 bits per heavy atom. The molecule has 20 heavy (non-hydrogen) atoms. The quantitative estimate of drug-likeness (QED) is 0.838. The number of nitrogens with two attached hydrogens (primary N) is 1. The molecule has 0 aliphatic heterocycles. The van der Waals surface area contributed by atoms with Crippen molar-refractivity contribution in [2.45, 2.75) is 13.5 Å². The van der Waals surface area contributed by atoms with Crippen molar-refractivity contribution < 1.29 is 9.90 Å². The van der Waals surface area contributed by atoms with Crippen LogP contribution >= 0.6 is 0 Å². The lowest BCUT2D eigenvalue weighted by atomic mass is 10.1. The van der Waals surface area contributed by atoms with Crippen LogP contribution in [0.4, 0.5) is 11.4 Å². The van der Waals surface area contributed by atoms with Crippen LogP contribution in [-0.4, -0.2) is 18.1 Å². The van der Waals surface area contributed by atoms with Crippen molar-refractivity contribution in [1.29, 1.82) is 0 Å². The molecule has 0 radical (unpaired) electrons. The van der Waals surface area contributed by atoms with Gasteiger partial charge in [0.2, 0.25) is 0 Å². The van der Waals surface area contributed by atoms with E-state index in [1.54, 1.807) is 18.2 Å². The van der Waals surface area contributed by atoms with Gasteiger partial charge in [0.15, 0.2) is 0 Å². The minimum Gasteiger partial charge on any atom is -0.478 e. The van der Waals surface area contributed by atoms with Crippen LogP contribution in [0, 0.1) is 6.92 Å². The van der Waals surface area contributed by atoms with Crippen LogP contribution in [0.2, 0.25) is 0 Å². The molecular weight excluding hydrogens is 252 g/mol.